The lowest BCUT2D eigenvalue weighted by Crippen LogP contribution is -2.37. The van der Waals surface area contributed by atoms with E-state index < -0.39 is 5.97 Å². The zero-order chi connectivity index (χ0) is 15.2. The van der Waals surface area contributed by atoms with Crippen LogP contribution in [0.4, 0.5) is 0 Å². The predicted molar refractivity (Wildman–Crippen MR) is 86.2 cm³/mol. The quantitative estimate of drug-likeness (QED) is 0.435. The van der Waals surface area contributed by atoms with Gasteiger partial charge in [0.25, 0.3) is 0 Å². The Morgan fingerprint density at radius 1 is 1.57 bits per heavy atom. The second-order valence-electron chi connectivity index (χ2n) is 4.62. The number of hydrazone groups is 1. The number of hydrogen-bond donors (Lipinski definition) is 3. The molecular formula is C13H17N3O3S2. The van der Waals surface area contributed by atoms with E-state index in [0.29, 0.717) is 22.2 Å². The monoisotopic (exact) mass is 327 g/mol. The number of rotatable bonds is 5. The van der Waals surface area contributed by atoms with Crippen LogP contribution in [0.1, 0.15) is 34.3 Å². The van der Waals surface area contributed by atoms with Gasteiger partial charge in [-0.1, -0.05) is 0 Å². The van der Waals surface area contributed by atoms with Crippen molar-refractivity contribution in [2.24, 2.45) is 5.10 Å². The highest BCUT2D eigenvalue weighted by Gasteiger charge is 2.15. The van der Waals surface area contributed by atoms with E-state index in [1.54, 1.807) is 19.1 Å². The van der Waals surface area contributed by atoms with Gasteiger partial charge in [-0.15, -0.1) is 11.3 Å². The van der Waals surface area contributed by atoms with Gasteiger partial charge in [0.1, 0.15) is 4.88 Å². The molecule has 3 N–H and O–H groups in total. The van der Waals surface area contributed by atoms with Gasteiger partial charge in [-0.05, 0) is 44.1 Å². The van der Waals surface area contributed by atoms with E-state index in [1.807, 2.05) is 0 Å². The number of ether oxygens (including phenoxy) is 1. The summed E-state index contributed by atoms with van der Waals surface area (Å²) in [5.74, 6) is -0.930. The van der Waals surface area contributed by atoms with Crippen LogP contribution in [0.3, 0.4) is 0 Å². The summed E-state index contributed by atoms with van der Waals surface area (Å²) >= 11 is 6.31. The molecular weight excluding hydrogens is 310 g/mol. The fourth-order valence-electron chi connectivity index (χ4n) is 1.89. The number of hydrogen-bond acceptors (Lipinski definition) is 5. The van der Waals surface area contributed by atoms with Crippen molar-refractivity contribution in [1.82, 2.24) is 10.7 Å². The largest absolute Gasteiger partial charge is 0.477 e. The number of carboxylic acids is 1. The number of aromatic carboxylic acids is 1. The summed E-state index contributed by atoms with van der Waals surface area (Å²) in [6, 6.07) is 3.30. The number of nitrogens with zero attached hydrogens (tertiary/aromatic N) is 1. The van der Waals surface area contributed by atoms with Crippen molar-refractivity contribution in [3.05, 3.63) is 21.9 Å². The van der Waals surface area contributed by atoms with Gasteiger partial charge >= 0.3 is 5.97 Å². The van der Waals surface area contributed by atoms with Crippen LogP contribution in [0.5, 0.6) is 0 Å². The first-order valence-corrected chi connectivity index (χ1v) is 7.82. The van der Waals surface area contributed by atoms with E-state index in [0.717, 1.165) is 24.3 Å². The molecule has 0 aliphatic carbocycles. The van der Waals surface area contributed by atoms with E-state index in [4.69, 9.17) is 22.1 Å². The van der Waals surface area contributed by atoms with Crippen LogP contribution in [-0.2, 0) is 4.74 Å². The van der Waals surface area contributed by atoms with Crippen LogP contribution in [0.25, 0.3) is 0 Å². The van der Waals surface area contributed by atoms with Gasteiger partial charge in [0, 0.05) is 13.2 Å². The summed E-state index contributed by atoms with van der Waals surface area (Å²) in [4.78, 5) is 11.9. The third-order valence-corrected chi connectivity index (χ3v) is 4.43. The summed E-state index contributed by atoms with van der Waals surface area (Å²) in [6.45, 7) is 3.28. The Bertz CT molecular complexity index is 551. The fraction of sp³-hybridized carbons (Fsp3) is 0.462. The summed E-state index contributed by atoms with van der Waals surface area (Å²) in [6.07, 6.45) is 2.35. The second kappa shape index (κ2) is 7.48. The van der Waals surface area contributed by atoms with Gasteiger partial charge in [0.15, 0.2) is 5.11 Å². The zero-order valence-electron chi connectivity index (χ0n) is 11.6. The standard InChI is InChI=1S/C13H17N3O3S2/c1-8(10-4-5-11(21-10)12(17)18)15-16-13(20)14-7-9-3-2-6-19-9/h4-5,9H,2-3,6-7H2,1H3,(H,17,18)(H2,14,16,20)/b15-8-/t9-/m0/s1. The van der Waals surface area contributed by atoms with E-state index in [1.165, 1.54) is 11.3 Å². The second-order valence-corrected chi connectivity index (χ2v) is 6.12. The van der Waals surface area contributed by atoms with Crippen LogP contribution < -0.4 is 10.7 Å². The first-order chi connectivity index (χ1) is 10.1. The maximum atomic E-state index is 10.8. The van der Waals surface area contributed by atoms with E-state index in [-0.39, 0.29) is 6.10 Å². The molecule has 0 bridgehead atoms. The molecule has 0 amide bonds. The maximum absolute atomic E-state index is 10.8. The van der Waals surface area contributed by atoms with E-state index in [9.17, 15) is 4.79 Å². The summed E-state index contributed by atoms with van der Waals surface area (Å²) < 4.78 is 5.48. The third kappa shape index (κ3) is 4.76. The van der Waals surface area contributed by atoms with Crippen molar-refractivity contribution in [2.45, 2.75) is 25.9 Å². The summed E-state index contributed by atoms with van der Waals surface area (Å²) in [7, 11) is 0. The molecule has 1 aromatic rings. The predicted octanol–water partition coefficient (Wildman–Crippen LogP) is 1.81. The van der Waals surface area contributed by atoms with Crippen molar-refractivity contribution in [3.8, 4) is 0 Å². The molecule has 114 valence electrons. The van der Waals surface area contributed by atoms with Gasteiger partial charge < -0.3 is 15.2 Å². The number of carbonyl (C=O) groups is 1. The minimum absolute atomic E-state index is 0.213. The molecule has 0 radical (unpaired) electrons. The fourth-order valence-corrected chi connectivity index (χ4v) is 2.81. The Labute approximate surface area is 132 Å². The third-order valence-electron chi connectivity index (χ3n) is 3.01. The summed E-state index contributed by atoms with van der Waals surface area (Å²) in [5, 5.41) is 16.5. The average molecular weight is 327 g/mol. The highest BCUT2D eigenvalue weighted by molar-refractivity contribution is 7.80. The molecule has 6 nitrogen and oxygen atoms in total. The SMILES string of the molecule is C/C(=N/NC(=S)NC[C@@H]1CCCO1)c1ccc(C(=O)O)s1. The Kier molecular flexibility index (Phi) is 5.66. The van der Waals surface area contributed by atoms with Crippen molar-refractivity contribution in [2.75, 3.05) is 13.2 Å². The molecule has 1 atom stereocenters. The number of thiocarbonyl (C=S) groups is 1. The van der Waals surface area contributed by atoms with Crippen molar-refractivity contribution in [3.63, 3.8) is 0 Å². The zero-order valence-corrected chi connectivity index (χ0v) is 13.2. The number of thiophene rings is 1. The average Bonchev–Trinajstić information content (AvgIpc) is 3.12. The van der Waals surface area contributed by atoms with Crippen LogP contribution in [0.2, 0.25) is 0 Å². The number of carboxylic acid groups (broad SMARTS) is 1. The van der Waals surface area contributed by atoms with Crippen LogP contribution in [-0.4, -0.2) is 41.2 Å². The van der Waals surface area contributed by atoms with E-state index >= 15 is 0 Å². The molecule has 21 heavy (non-hydrogen) atoms. The molecule has 1 aliphatic heterocycles. The Morgan fingerprint density at radius 3 is 2.95 bits per heavy atom. The smallest absolute Gasteiger partial charge is 0.345 e. The van der Waals surface area contributed by atoms with Crippen LogP contribution in [0.15, 0.2) is 17.2 Å². The maximum Gasteiger partial charge on any atom is 0.345 e. The topological polar surface area (TPSA) is 83.0 Å². The first-order valence-electron chi connectivity index (χ1n) is 6.59. The number of nitrogens with one attached hydrogen (secondary N) is 2. The molecule has 2 rings (SSSR count). The normalized spacial score (nSPS) is 18.5. The molecule has 1 aromatic heterocycles. The van der Waals surface area contributed by atoms with Gasteiger partial charge in [-0.25, -0.2) is 4.79 Å². The Balaban J connectivity index is 1.81. The van der Waals surface area contributed by atoms with Crippen LogP contribution >= 0.6 is 23.6 Å². The van der Waals surface area contributed by atoms with Crippen molar-refractivity contribution in [1.29, 1.82) is 0 Å². The first kappa shape index (κ1) is 15.9. The van der Waals surface area contributed by atoms with Crippen LogP contribution in [0, 0.1) is 0 Å². The highest BCUT2D eigenvalue weighted by atomic mass is 32.1. The Hall–Kier alpha value is -1.51. The molecule has 1 saturated heterocycles. The van der Waals surface area contributed by atoms with E-state index in [2.05, 4.69) is 15.8 Å². The van der Waals surface area contributed by atoms with Gasteiger partial charge in [-0.2, -0.15) is 5.10 Å². The molecule has 0 aromatic carbocycles. The molecule has 2 heterocycles. The molecule has 8 heteroatoms. The lowest BCUT2D eigenvalue weighted by Gasteiger charge is -2.12. The minimum atomic E-state index is -0.930. The molecule has 1 fully saturated rings. The molecule has 1 aliphatic rings. The summed E-state index contributed by atoms with van der Waals surface area (Å²) in [5.41, 5.74) is 3.44. The lowest BCUT2D eigenvalue weighted by atomic mass is 10.2. The van der Waals surface area contributed by atoms with Gasteiger partial charge in [-0.3, -0.25) is 5.43 Å². The lowest BCUT2D eigenvalue weighted by molar-refractivity contribution is 0.0702. The highest BCUT2D eigenvalue weighted by Crippen LogP contribution is 2.17. The molecule has 0 saturated carbocycles. The Morgan fingerprint density at radius 2 is 2.33 bits per heavy atom. The van der Waals surface area contributed by atoms with Gasteiger partial charge in [0.2, 0.25) is 0 Å². The van der Waals surface area contributed by atoms with Gasteiger partial charge in [0.05, 0.1) is 16.7 Å². The van der Waals surface area contributed by atoms with Crippen molar-refractivity contribution >= 4 is 40.3 Å². The van der Waals surface area contributed by atoms with Crippen molar-refractivity contribution < 1.29 is 14.6 Å². The minimum Gasteiger partial charge on any atom is -0.477 e. The molecule has 0 spiro atoms. The molecule has 0 unspecified atom stereocenters.